The topological polar surface area (TPSA) is 166 Å². The molecule has 0 bridgehead atoms. The first-order valence-corrected chi connectivity index (χ1v) is 11.0. The molecule has 1 atom stereocenters. The van der Waals surface area contributed by atoms with Crippen LogP contribution in [0.3, 0.4) is 0 Å². The first-order valence-electron chi connectivity index (χ1n) is 12.5. The molecule has 0 aliphatic carbocycles. The summed E-state index contributed by atoms with van der Waals surface area (Å²) in [5.41, 5.74) is 7.06. The molecule has 2 aromatic heterocycles. The fraction of sp³-hybridized carbons (Fsp3) is 0.304. The molecule has 0 spiro atoms. The SMILES string of the molecule is [2H]C([2H])([2H])NC(=O)c1cnc(N/C(C=NC2CCOC2)=C/N)nc1Nc1cccc(-c2ncn(C)n2)c1OC. The van der Waals surface area contributed by atoms with Gasteiger partial charge in [-0.05, 0) is 18.6 Å². The summed E-state index contributed by atoms with van der Waals surface area (Å²) in [5.74, 6) is -0.00468. The number of nitrogens with zero attached hydrogens (tertiary/aromatic N) is 6. The van der Waals surface area contributed by atoms with Crippen LogP contribution in [0.25, 0.3) is 11.4 Å². The third kappa shape index (κ3) is 5.58. The Morgan fingerprint density at radius 3 is 3.00 bits per heavy atom. The van der Waals surface area contributed by atoms with Crippen LogP contribution in [-0.4, -0.2) is 70.2 Å². The van der Waals surface area contributed by atoms with Crippen molar-refractivity contribution in [1.29, 1.82) is 0 Å². The van der Waals surface area contributed by atoms with Crippen LogP contribution in [0.1, 0.15) is 20.9 Å². The molecule has 1 fully saturated rings. The van der Waals surface area contributed by atoms with Crippen LogP contribution in [0, 0.1) is 0 Å². The van der Waals surface area contributed by atoms with Gasteiger partial charge in [0.1, 0.15) is 17.7 Å². The number of benzene rings is 1. The van der Waals surface area contributed by atoms with Crippen LogP contribution < -0.4 is 26.4 Å². The lowest BCUT2D eigenvalue weighted by Gasteiger charge is -2.16. The number of anilines is 3. The van der Waals surface area contributed by atoms with Crippen molar-refractivity contribution in [3.8, 4) is 17.1 Å². The van der Waals surface area contributed by atoms with E-state index in [1.165, 1.54) is 19.5 Å². The van der Waals surface area contributed by atoms with E-state index in [4.69, 9.17) is 19.3 Å². The van der Waals surface area contributed by atoms with Gasteiger partial charge in [0.25, 0.3) is 5.91 Å². The van der Waals surface area contributed by atoms with E-state index in [0.717, 1.165) is 6.42 Å². The highest BCUT2D eigenvalue weighted by Crippen LogP contribution is 2.36. The van der Waals surface area contributed by atoms with E-state index < -0.39 is 12.9 Å². The summed E-state index contributed by atoms with van der Waals surface area (Å²) < 4.78 is 34.8. The maximum Gasteiger partial charge on any atom is 0.256 e. The van der Waals surface area contributed by atoms with Gasteiger partial charge in [0.05, 0.1) is 36.7 Å². The fourth-order valence-electron chi connectivity index (χ4n) is 3.46. The van der Waals surface area contributed by atoms with E-state index in [1.807, 2.05) is 5.32 Å². The predicted molar refractivity (Wildman–Crippen MR) is 135 cm³/mol. The number of aryl methyl sites for hydroxylation is 1. The Bertz CT molecular complexity index is 1380. The molecule has 13 nitrogen and oxygen atoms in total. The van der Waals surface area contributed by atoms with Gasteiger partial charge in [0.2, 0.25) is 5.95 Å². The molecular formula is C23H28N10O3. The van der Waals surface area contributed by atoms with E-state index in [9.17, 15) is 4.79 Å². The maximum absolute atomic E-state index is 12.8. The van der Waals surface area contributed by atoms with Crippen molar-refractivity contribution < 1.29 is 18.4 Å². The number of nitrogens with one attached hydrogen (secondary N) is 3. The molecule has 4 rings (SSSR count). The van der Waals surface area contributed by atoms with Gasteiger partial charge in [-0.25, -0.2) is 9.97 Å². The van der Waals surface area contributed by atoms with Gasteiger partial charge in [-0.15, -0.1) is 0 Å². The second-order valence-corrected chi connectivity index (χ2v) is 7.71. The van der Waals surface area contributed by atoms with Crippen LogP contribution in [0.15, 0.2) is 47.6 Å². The van der Waals surface area contributed by atoms with E-state index in [0.29, 0.717) is 41.7 Å². The van der Waals surface area contributed by atoms with Gasteiger partial charge in [-0.1, -0.05) is 6.07 Å². The first-order chi connectivity index (χ1) is 18.7. The zero-order chi connectivity index (χ0) is 28.0. The molecule has 0 saturated carbocycles. The summed E-state index contributed by atoms with van der Waals surface area (Å²) in [5, 5.41) is 12.3. The third-order valence-corrected chi connectivity index (χ3v) is 5.23. The molecule has 1 aliphatic rings. The molecule has 1 aromatic carbocycles. The molecule has 1 unspecified atom stereocenters. The van der Waals surface area contributed by atoms with Crippen molar-refractivity contribution in [2.24, 2.45) is 17.8 Å². The second-order valence-electron chi connectivity index (χ2n) is 7.71. The van der Waals surface area contributed by atoms with Gasteiger partial charge < -0.3 is 31.2 Å². The van der Waals surface area contributed by atoms with Crippen molar-refractivity contribution in [2.75, 3.05) is 37.9 Å². The van der Waals surface area contributed by atoms with E-state index in [2.05, 4.69) is 35.7 Å². The number of ether oxygens (including phenoxy) is 2. The zero-order valence-corrected chi connectivity index (χ0v) is 19.7. The van der Waals surface area contributed by atoms with Crippen molar-refractivity contribution in [1.82, 2.24) is 30.0 Å². The minimum atomic E-state index is -2.72. The van der Waals surface area contributed by atoms with Gasteiger partial charge in [-0.3, -0.25) is 14.5 Å². The minimum Gasteiger partial charge on any atom is -0.494 e. The number of carbonyl (C=O) groups excluding carboxylic acids is 1. The van der Waals surface area contributed by atoms with E-state index in [1.54, 1.807) is 42.5 Å². The highest BCUT2D eigenvalue weighted by atomic mass is 16.5. The molecule has 13 heteroatoms. The number of rotatable bonds is 9. The summed E-state index contributed by atoms with van der Waals surface area (Å²) in [6.45, 7) is -1.54. The summed E-state index contributed by atoms with van der Waals surface area (Å²) in [6.07, 6.45) is 6.42. The summed E-state index contributed by atoms with van der Waals surface area (Å²) in [4.78, 5) is 30.1. The summed E-state index contributed by atoms with van der Waals surface area (Å²) in [6, 6.07) is 5.26. The Labute approximate surface area is 212 Å². The number of allylic oxidation sites excluding steroid dienone is 1. The molecule has 36 heavy (non-hydrogen) atoms. The number of para-hydroxylation sites is 1. The van der Waals surface area contributed by atoms with Crippen molar-refractivity contribution in [3.63, 3.8) is 0 Å². The average molecular weight is 496 g/mol. The number of hydrogen-bond donors (Lipinski definition) is 4. The number of hydrogen-bond acceptors (Lipinski definition) is 11. The zero-order valence-electron chi connectivity index (χ0n) is 22.7. The van der Waals surface area contributed by atoms with E-state index >= 15 is 0 Å². The number of methoxy groups -OCH3 is 1. The quantitative estimate of drug-likeness (QED) is 0.319. The molecule has 3 heterocycles. The largest absolute Gasteiger partial charge is 0.494 e. The molecular weight excluding hydrogens is 464 g/mol. The Kier molecular flexibility index (Phi) is 6.52. The first kappa shape index (κ1) is 20.8. The summed E-state index contributed by atoms with van der Waals surface area (Å²) in [7, 11) is 3.22. The molecule has 3 aromatic rings. The number of aliphatic imine (C=N–C) groups is 1. The number of carbonyl (C=O) groups is 1. The molecule has 1 saturated heterocycles. The van der Waals surface area contributed by atoms with Crippen LogP contribution in [0.2, 0.25) is 0 Å². The van der Waals surface area contributed by atoms with Crippen LogP contribution in [0.5, 0.6) is 5.75 Å². The minimum absolute atomic E-state index is 0.0104. The summed E-state index contributed by atoms with van der Waals surface area (Å²) >= 11 is 0. The van der Waals surface area contributed by atoms with Crippen molar-refractivity contribution in [3.05, 3.63) is 48.2 Å². The highest BCUT2D eigenvalue weighted by molar-refractivity contribution is 5.99. The van der Waals surface area contributed by atoms with Gasteiger partial charge >= 0.3 is 0 Å². The monoisotopic (exact) mass is 495 g/mol. The second kappa shape index (κ2) is 11.3. The average Bonchev–Trinajstić information content (AvgIpc) is 3.57. The van der Waals surface area contributed by atoms with Gasteiger partial charge in [0, 0.05) is 43.4 Å². The smallest absolute Gasteiger partial charge is 0.256 e. The van der Waals surface area contributed by atoms with Crippen LogP contribution in [0.4, 0.5) is 17.5 Å². The molecule has 188 valence electrons. The van der Waals surface area contributed by atoms with Gasteiger partial charge in [-0.2, -0.15) is 10.1 Å². The molecule has 0 radical (unpaired) electrons. The number of aromatic nitrogens is 5. The number of amides is 1. The Hall–Kier alpha value is -4.52. The number of nitrogens with two attached hydrogens (primary N) is 1. The van der Waals surface area contributed by atoms with E-state index in [-0.39, 0.29) is 23.4 Å². The Balaban J connectivity index is 1.68. The highest BCUT2D eigenvalue weighted by Gasteiger charge is 2.19. The van der Waals surface area contributed by atoms with Gasteiger partial charge in [0.15, 0.2) is 11.6 Å². The molecule has 5 N–H and O–H groups in total. The van der Waals surface area contributed by atoms with Crippen molar-refractivity contribution in [2.45, 2.75) is 12.5 Å². The van der Waals surface area contributed by atoms with Crippen LogP contribution >= 0.6 is 0 Å². The standard InChI is InChI=1S/C23H28N10O3/c1-25-22(34)17-11-27-23(29-15(9-24)10-26-14-7-8-36-12-14)31-21(17)30-18-6-4-5-16(19(18)35-3)20-28-13-33(2)32-20/h4-6,9-11,13-14H,7-8,12,24H2,1-3H3,(H,25,34)(H2,27,29,30,31)/b15-9+,26-10?/i1D3. The fourth-order valence-corrected chi connectivity index (χ4v) is 3.46. The lowest BCUT2D eigenvalue weighted by molar-refractivity contribution is 0.0963. The third-order valence-electron chi connectivity index (χ3n) is 5.23. The van der Waals surface area contributed by atoms with Crippen LogP contribution in [-0.2, 0) is 11.8 Å². The Morgan fingerprint density at radius 2 is 2.31 bits per heavy atom. The van der Waals surface area contributed by atoms with Crippen molar-refractivity contribution >= 4 is 29.6 Å². The predicted octanol–water partition coefficient (Wildman–Crippen LogP) is 1.46. The molecule has 1 amide bonds. The normalized spacial score (nSPS) is 17.3. The lowest BCUT2D eigenvalue weighted by Crippen LogP contribution is -2.21. The molecule has 1 aliphatic heterocycles. The maximum atomic E-state index is 12.8. The lowest BCUT2D eigenvalue weighted by atomic mass is 10.1. The Morgan fingerprint density at radius 1 is 1.42 bits per heavy atom.